The number of para-hydroxylation sites is 4. The summed E-state index contributed by atoms with van der Waals surface area (Å²) in [5, 5.41) is 0. The van der Waals surface area contributed by atoms with Crippen LogP contribution in [0.3, 0.4) is 0 Å². The Kier molecular flexibility index (Phi) is 2.86. The van der Waals surface area contributed by atoms with Crippen molar-refractivity contribution in [3.8, 4) is 0 Å². The van der Waals surface area contributed by atoms with Gasteiger partial charge in [-0.3, -0.25) is 0 Å². The highest BCUT2D eigenvalue weighted by Crippen LogP contribution is 2.43. The summed E-state index contributed by atoms with van der Waals surface area (Å²) in [6.07, 6.45) is 0. The third-order valence-corrected chi connectivity index (χ3v) is 3.88. The van der Waals surface area contributed by atoms with Crippen LogP contribution in [0, 0.1) is 0 Å². The van der Waals surface area contributed by atoms with Crippen molar-refractivity contribution in [3.05, 3.63) is 84.9 Å². The van der Waals surface area contributed by atoms with Crippen LogP contribution in [-0.2, 0) is 0 Å². The third kappa shape index (κ3) is 2.05. The quantitative estimate of drug-likeness (QED) is 0.652. The Bertz CT molecular complexity index is 673. The van der Waals surface area contributed by atoms with E-state index in [4.69, 9.17) is 0 Å². The highest BCUT2D eigenvalue weighted by Gasteiger charge is 2.27. The summed E-state index contributed by atoms with van der Waals surface area (Å²) < 4.78 is 0. The van der Waals surface area contributed by atoms with Gasteiger partial charge in [-0.1, -0.05) is 48.5 Å². The molecular weight excluding hydrogens is 256 g/mol. The molecule has 0 spiro atoms. The second kappa shape index (κ2) is 4.98. The minimum atomic E-state index is 0.841. The Morgan fingerprint density at radius 2 is 0.857 bits per heavy atom. The lowest BCUT2D eigenvalue weighted by Crippen LogP contribution is -2.23. The highest BCUT2D eigenvalue weighted by atomic mass is 15.4. The number of nitrogens with zero attached hydrogens (tertiary/aromatic N) is 2. The Morgan fingerprint density at radius 1 is 0.476 bits per heavy atom. The summed E-state index contributed by atoms with van der Waals surface area (Å²) in [4.78, 5) is 4.70. The minimum Gasteiger partial charge on any atom is -0.321 e. The molecule has 3 aromatic rings. The second-order valence-corrected chi connectivity index (χ2v) is 5.16. The van der Waals surface area contributed by atoms with Crippen molar-refractivity contribution in [3.63, 3.8) is 0 Å². The summed E-state index contributed by atoms with van der Waals surface area (Å²) in [6.45, 7) is 0.841. The number of hydrogen-bond acceptors (Lipinski definition) is 2. The van der Waals surface area contributed by atoms with Crippen molar-refractivity contribution in [1.29, 1.82) is 0 Å². The van der Waals surface area contributed by atoms with Gasteiger partial charge in [0, 0.05) is 11.4 Å². The Balaban J connectivity index is 1.81. The van der Waals surface area contributed by atoms with Crippen LogP contribution in [-0.4, -0.2) is 6.67 Å². The number of hydrogen-bond donors (Lipinski definition) is 0. The summed E-state index contributed by atoms with van der Waals surface area (Å²) in [6, 6.07) is 29.7. The van der Waals surface area contributed by atoms with E-state index >= 15 is 0 Å². The van der Waals surface area contributed by atoms with Gasteiger partial charge in [0.15, 0.2) is 0 Å². The third-order valence-electron chi connectivity index (χ3n) is 3.88. The van der Waals surface area contributed by atoms with E-state index in [-0.39, 0.29) is 0 Å². The first-order chi connectivity index (χ1) is 10.4. The largest absolute Gasteiger partial charge is 0.321 e. The molecule has 0 bridgehead atoms. The van der Waals surface area contributed by atoms with E-state index in [9.17, 15) is 0 Å². The summed E-state index contributed by atoms with van der Waals surface area (Å²) in [5.41, 5.74) is 4.96. The van der Waals surface area contributed by atoms with Gasteiger partial charge in [0.2, 0.25) is 0 Å². The molecule has 0 radical (unpaired) electrons. The molecule has 102 valence electrons. The molecule has 0 atom stereocenters. The predicted octanol–water partition coefficient (Wildman–Crippen LogP) is 4.93. The van der Waals surface area contributed by atoms with E-state index in [1.165, 1.54) is 22.7 Å². The first kappa shape index (κ1) is 12.0. The van der Waals surface area contributed by atoms with Gasteiger partial charge >= 0.3 is 0 Å². The number of benzene rings is 3. The predicted molar refractivity (Wildman–Crippen MR) is 88.5 cm³/mol. The lowest BCUT2D eigenvalue weighted by atomic mass is 10.2. The van der Waals surface area contributed by atoms with Gasteiger partial charge in [-0.05, 0) is 36.4 Å². The number of fused-ring (bicyclic) bond motifs is 1. The summed E-state index contributed by atoms with van der Waals surface area (Å²) >= 11 is 0. The molecule has 0 saturated carbocycles. The van der Waals surface area contributed by atoms with Crippen molar-refractivity contribution in [2.75, 3.05) is 16.5 Å². The van der Waals surface area contributed by atoms with Crippen LogP contribution in [0.2, 0.25) is 0 Å². The van der Waals surface area contributed by atoms with Gasteiger partial charge in [0.05, 0.1) is 11.4 Å². The van der Waals surface area contributed by atoms with Crippen LogP contribution >= 0.6 is 0 Å². The SMILES string of the molecule is c1ccc(N2CN(c3ccccc3)c3ccccc32)cc1. The Labute approximate surface area is 124 Å². The van der Waals surface area contributed by atoms with Crippen LogP contribution < -0.4 is 9.80 Å². The van der Waals surface area contributed by atoms with E-state index in [0.717, 1.165) is 6.67 Å². The Morgan fingerprint density at radius 3 is 1.29 bits per heavy atom. The molecule has 4 rings (SSSR count). The molecule has 0 fully saturated rings. The molecule has 2 heteroatoms. The first-order valence-electron chi connectivity index (χ1n) is 7.18. The van der Waals surface area contributed by atoms with Crippen LogP contribution in [0.4, 0.5) is 22.7 Å². The maximum absolute atomic E-state index is 2.35. The molecule has 3 aromatic carbocycles. The minimum absolute atomic E-state index is 0.841. The maximum Gasteiger partial charge on any atom is 0.100 e. The molecule has 1 aliphatic heterocycles. The molecule has 0 aliphatic carbocycles. The van der Waals surface area contributed by atoms with Gasteiger partial charge in [-0.25, -0.2) is 0 Å². The van der Waals surface area contributed by atoms with Crippen molar-refractivity contribution in [2.24, 2.45) is 0 Å². The fraction of sp³-hybridized carbons (Fsp3) is 0.0526. The molecule has 1 heterocycles. The molecular formula is C19H16N2. The van der Waals surface area contributed by atoms with E-state index in [1.54, 1.807) is 0 Å². The van der Waals surface area contributed by atoms with Gasteiger partial charge in [-0.2, -0.15) is 0 Å². The van der Waals surface area contributed by atoms with Crippen molar-refractivity contribution in [2.45, 2.75) is 0 Å². The average molecular weight is 272 g/mol. The second-order valence-electron chi connectivity index (χ2n) is 5.16. The Hall–Kier alpha value is -2.74. The lowest BCUT2D eigenvalue weighted by Gasteiger charge is -2.21. The highest BCUT2D eigenvalue weighted by molar-refractivity contribution is 5.86. The molecule has 1 aliphatic rings. The molecule has 21 heavy (non-hydrogen) atoms. The van der Waals surface area contributed by atoms with E-state index in [2.05, 4.69) is 94.7 Å². The van der Waals surface area contributed by atoms with Crippen molar-refractivity contribution in [1.82, 2.24) is 0 Å². The van der Waals surface area contributed by atoms with Gasteiger partial charge < -0.3 is 9.80 Å². The maximum atomic E-state index is 2.35. The van der Waals surface area contributed by atoms with Crippen LogP contribution in [0.25, 0.3) is 0 Å². The van der Waals surface area contributed by atoms with Gasteiger partial charge in [-0.15, -0.1) is 0 Å². The van der Waals surface area contributed by atoms with Crippen LogP contribution in [0.1, 0.15) is 0 Å². The zero-order valence-corrected chi connectivity index (χ0v) is 11.7. The molecule has 0 saturated heterocycles. The molecule has 0 N–H and O–H groups in total. The van der Waals surface area contributed by atoms with Crippen molar-refractivity contribution < 1.29 is 0 Å². The number of anilines is 4. The molecule has 0 unspecified atom stereocenters. The number of rotatable bonds is 2. The fourth-order valence-electron chi connectivity index (χ4n) is 2.87. The van der Waals surface area contributed by atoms with Crippen molar-refractivity contribution >= 4 is 22.7 Å². The first-order valence-corrected chi connectivity index (χ1v) is 7.18. The van der Waals surface area contributed by atoms with Crippen LogP contribution in [0.5, 0.6) is 0 Å². The standard InChI is InChI=1S/C19H16N2/c1-3-9-16(10-4-1)20-15-21(17-11-5-2-6-12-17)19-14-8-7-13-18(19)20/h1-14H,15H2. The zero-order chi connectivity index (χ0) is 14.1. The average Bonchev–Trinajstić information content (AvgIpc) is 2.96. The van der Waals surface area contributed by atoms with E-state index in [1.807, 2.05) is 0 Å². The van der Waals surface area contributed by atoms with E-state index < -0.39 is 0 Å². The van der Waals surface area contributed by atoms with Gasteiger partial charge in [0.1, 0.15) is 6.67 Å². The summed E-state index contributed by atoms with van der Waals surface area (Å²) in [7, 11) is 0. The molecule has 0 amide bonds. The monoisotopic (exact) mass is 272 g/mol. The molecule has 2 nitrogen and oxygen atoms in total. The van der Waals surface area contributed by atoms with E-state index in [0.29, 0.717) is 0 Å². The topological polar surface area (TPSA) is 6.48 Å². The molecule has 0 aromatic heterocycles. The normalized spacial score (nSPS) is 13.3. The smallest absolute Gasteiger partial charge is 0.100 e. The summed E-state index contributed by atoms with van der Waals surface area (Å²) in [5.74, 6) is 0. The fourth-order valence-corrected chi connectivity index (χ4v) is 2.87. The zero-order valence-electron chi connectivity index (χ0n) is 11.7. The van der Waals surface area contributed by atoms with Crippen LogP contribution in [0.15, 0.2) is 84.9 Å². The van der Waals surface area contributed by atoms with Gasteiger partial charge in [0.25, 0.3) is 0 Å². The lowest BCUT2D eigenvalue weighted by molar-refractivity contribution is 0.991.